The second-order valence-electron chi connectivity index (χ2n) is 8.88. The molecular formula is C25H23F4N5O. The van der Waals surface area contributed by atoms with Crippen molar-refractivity contribution in [3.8, 4) is 11.8 Å². The molecule has 2 heterocycles. The summed E-state index contributed by atoms with van der Waals surface area (Å²) < 4.78 is 56.2. The van der Waals surface area contributed by atoms with E-state index in [1.54, 1.807) is 6.07 Å². The highest BCUT2D eigenvalue weighted by Crippen LogP contribution is 2.31. The molecule has 0 saturated heterocycles. The summed E-state index contributed by atoms with van der Waals surface area (Å²) in [5, 5.41) is 15.1. The van der Waals surface area contributed by atoms with Gasteiger partial charge < -0.3 is 5.32 Å². The lowest BCUT2D eigenvalue weighted by Crippen LogP contribution is -2.34. The zero-order valence-corrected chi connectivity index (χ0v) is 19.2. The lowest BCUT2D eigenvalue weighted by Gasteiger charge is -2.30. The highest BCUT2D eigenvalue weighted by Gasteiger charge is 2.36. The fourth-order valence-electron chi connectivity index (χ4n) is 4.21. The Labute approximate surface area is 199 Å². The van der Waals surface area contributed by atoms with Crippen LogP contribution in [-0.2, 0) is 19.1 Å². The number of aromatic nitrogens is 2. The number of fused-ring (bicyclic) bond motifs is 1. The number of carbonyl (C=O) groups is 1. The van der Waals surface area contributed by atoms with Crippen molar-refractivity contribution < 1.29 is 22.4 Å². The van der Waals surface area contributed by atoms with Gasteiger partial charge in [-0.1, -0.05) is 26.0 Å². The van der Waals surface area contributed by atoms with E-state index in [2.05, 4.69) is 29.2 Å². The van der Waals surface area contributed by atoms with Gasteiger partial charge in [0.1, 0.15) is 11.5 Å². The van der Waals surface area contributed by atoms with Gasteiger partial charge in [-0.25, -0.2) is 9.07 Å². The Morgan fingerprint density at radius 3 is 2.69 bits per heavy atom. The van der Waals surface area contributed by atoms with Gasteiger partial charge in [-0.05, 0) is 47.7 Å². The lowest BCUT2D eigenvalue weighted by atomic mass is 9.97. The first kappa shape index (κ1) is 24.4. The van der Waals surface area contributed by atoms with Gasteiger partial charge in [0.15, 0.2) is 5.69 Å². The topological polar surface area (TPSA) is 74.0 Å². The van der Waals surface area contributed by atoms with Crippen LogP contribution in [-0.4, -0.2) is 33.7 Å². The molecule has 10 heteroatoms. The van der Waals surface area contributed by atoms with E-state index in [1.165, 1.54) is 30.3 Å². The third-order valence-electron chi connectivity index (χ3n) is 5.74. The molecule has 0 radical (unpaired) electrons. The summed E-state index contributed by atoms with van der Waals surface area (Å²) in [5.74, 6) is -1.07. The molecule has 0 unspecified atom stereocenters. The summed E-state index contributed by atoms with van der Waals surface area (Å²) in [6.07, 6.45) is -4.33. The maximum absolute atomic E-state index is 15.3. The molecule has 1 N–H and O–H groups in total. The number of hydrogen-bond donors (Lipinski definition) is 1. The first-order valence-corrected chi connectivity index (χ1v) is 11.1. The monoisotopic (exact) mass is 485 g/mol. The molecule has 1 aliphatic heterocycles. The first-order valence-electron chi connectivity index (χ1n) is 11.1. The summed E-state index contributed by atoms with van der Waals surface area (Å²) in [5.41, 5.74) is -0.225. The van der Waals surface area contributed by atoms with E-state index in [-0.39, 0.29) is 16.9 Å². The fraction of sp³-hybridized carbons (Fsp3) is 0.320. The van der Waals surface area contributed by atoms with E-state index in [0.29, 0.717) is 37.1 Å². The van der Waals surface area contributed by atoms with Gasteiger partial charge in [0.2, 0.25) is 0 Å². The van der Waals surface area contributed by atoms with Gasteiger partial charge in [-0.3, -0.25) is 9.69 Å². The standard InChI is InChI=1S/C25H23F4N5O/c1-15(2)13-33-9-8-19-17(14-33)6-7-20(23(19)26)31-24(35)21-11-22(25(27,28)29)32-34(21)18-5-3-4-16(10-18)12-30/h3-7,10-11,15H,8-9,13-14H2,1-2H3,(H,31,35). The number of hydrogen-bond acceptors (Lipinski definition) is 4. The number of nitrogens with one attached hydrogen (secondary N) is 1. The largest absolute Gasteiger partial charge is 0.435 e. The van der Waals surface area contributed by atoms with Crippen LogP contribution in [0.4, 0.5) is 23.2 Å². The van der Waals surface area contributed by atoms with Crippen LogP contribution >= 0.6 is 0 Å². The van der Waals surface area contributed by atoms with Gasteiger partial charge in [0.25, 0.3) is 5.91 Å². The molecule has 35 heavy (non-hydrogen) atoms. The Morgan fingerprint density at radius 2 is 2.00 bits per heavy atom. The number of alkyl halides is 3. The molecule has 2 aromatic carbocycles. The minimum atomic E-state index is -4.80. The molecule has 1 aliphatic rings. The predicted molar refractivity (Wildman–Crippen MR) is 121 cm³/mol. The first-order chi connectivity index (χ1) is 16.6. The second-order valence-corrected chi connectivity index (χ2v) is 8.88. The molecule has 0 aliphatic carbocycles. The number of nitriles is 1. The average molecular weight is 485 g/mol. The zero-order chi connectivity index (χ0) is 25.3. The molecule has 182 valence electrons. The van der Waals surface area contributed by atoms with Crippen molar-refractivity contribution in [2.24, 2.45) is 5.92 Å². The Morgan fingerprint density at radius 1 is 1.23 bits per heavy atom. The number of rotatable bonds is 5. The maximum atomic E-state index is 15.3. The number of benzene rings is 2. The molecule has 1 amide bonds. The molecule has 0 atom stereocenters. The minimum Gasteiger partial charge on any atom is -0.318 e. The van der Waals surface area contributed by atoms with Crippen molar-refractivity contribution in [2.45, 2.75) is 33.0 Å². The highest BCUT2D eigenvalue weighted by atomic mass is 19.4. The van der Waals surface area contributed by atoms with Gasteiger partial charge in [-0.2, -0.15) is 23.5 Å². The molecule has 1 aromatic heterocycles. The lowest BCUT2D eigenvalue weighted by molar-refractivity contribution is -0.141. The quantitative estimate of drug-likeness (QED) is 0.506. The summed E-state index contributed by atoms with van der Waals surface area (Å²) >= 11 is 0. The van der Waals surface area contributed by atoms with E-state index in [9.17, 15) is 18.0 Å². The summed E-state index contributed by atoms with van der Waals surface area (Å²) in [6.45, 7) is 6.38. The number of carbonyl (C=O) groups excluding carboxylic acids is 1. The van der Waals surface area contributed by atoms with Crippen molar-refractivity contribution >= 4 is 11.6 Å². The molecule has 0 saturated carbocycles. The third kappa shape index (κ3) is 5.20. The summed E-state index contributed by atoms with van der Waals surface area (Å²) in [6, 6.07) is 11.3. The SMILES string of the molecule is CC(C)CN1CCc2c(ccc(NC(=O)c3cc(C(F)(F)F)nn3-c3cccc(C#N)c3)c2F)C1. The molecular weight excluding hydrogens is 462 g/mol. The van der Waals surface area contributed by atoms with E-state index in [4.69, 9.17) is 5.26 Å². The smallest absolute Gasteiger partial charge is 0.318 e. The van der Waals surface area contributed by atoms with E-state index >= 15 is 4.39 Å². The fourth-order valence-corrected chi connectivity index (χ4v) is 4.21. The molecule has 0 spiro atoms. The van der Waals surface area contributed by atoms with Crippen molar-refractivity contribution in [3.05, 3.63) is 76.4 Å². The maximum Gasteiger partial charge on any atom is 0.435 e. The van der Waals surface area contributed by atoms with E-state index in [0.717, 1.165) is 16.8 Å². The second kappa shape index (κ2) is 9.50. The van der Waals surface area contributed by atoms with Crippen LogP contribution in [0.3, 0.4) is 0 Å². The number of anilines is 1. The third-order valence-corrected chi connectivity index (χ3v) is 5.74. The Bertz CT molecular complexity index is 1310. The van der Waals surface area contributed by atoms with Crippen molar-refractivity contribution in [3.63, 3.8) is 0 Å². The Balaban J connectivity index is 1.65. The molecule has 6 nitrogen and oxygen atoms in total. The van der Waals surface area contributed by atoms with Gasteiger partial charge in [-0.15, -0.1) is 0 Å². The number of halogens is 4. The zero-order valence-electron chi connectivity index (χ0n) is 19.2. The summed E-state index contributed by atoms with van der Waals surface area (Å²) in [4.78, 5) is 15.3. The highest BCUT2D eigenvalue weighted by molar-refractivity contribution is 6.03. The molecule has 0 fully saturated rings. The molecule has 0 bridgehead atoms. The van der Waals surface area contributed by atoms with Crippen LogP contribution in [0.15, 0.2) is 42.5 Å². The van der Waals surface area contributed by atoms with Gasteiger partial charge in [0.05, 0.1) is 23.0 Å². The van der Waals surface area contributed by atoms with Crippen molar-refractivity contribution in [2.75, 3.05) is 18.4 Å². The van der Waals surface area contributed by atoms with Crippen LogP contribution in [0.5, 0.6) is 0 Å². The number of amides is 1. The normalized spacial score (nSPS) is 14.0. The van der Waals surface area contributed by atoms with Crippen LogP contribution in [0.1, 0.15) is 46.7 Å². The summed E-state index contributed by atoms with van der Waals surface area (Å²) in [7, 11) is 0. The Kier molecular flexibility index (Phi) is 6.63. The molecule has 3 aromatic rings. The predicted octanol–water partition coefficient (Wildman–Crippen LogP) is 5.17. The number of nitrogens with zero attached hydrogens (tertiary/aromatic N) is 4. The molecule has 4 rings (SSSR count). The van der Waals surface area contributed by atoms with Gasteiger partial charge in [0, 0.05) is 25.7 Å². The van der Waals surface area contributed by atoms with E-state index in [1.807, 2.05) is 6.07 Å². The Hall–Kier alpha value is -3.71. The van der Waals surface area contributed by atoms with E-state index < -0.39 is 29.3 Å². The van der Waals surface area contributed by atoms with Crippen LogP contribution in [0.2, 0.25) is 0 Å². The average Bonchev–Trinajstić information content (AvgIpc) is 3.27. The minimum absolute atomic E-state index is 0.0980. The van der Waals surface area contributed by atoms with Crippen molar-refractivity contribution in [1.82, 2.24) is 14.7 Å². The van der Waals surface area contributed by atoms with Crippen molar-refractivity contribution in [1.29, 1.82) is 5.26 Å². The van der Waals surface area contributed by atoms with Crippen LogP contribution in [0.25, 0.3) is 5.69 Å². The van der Waals surface area contributed by atoms with Gasteiger partial charge >= 0.3 is 6.18 Å². The van der Waals surface area contributed by atoms with Crippen LogP contribution in [0, 0.1) is 23.1 Å². The van der Waals surface area contributed by atoms with Crippen LogP contribution < -0.4 is 5.32 Å².